The Morgan fingerprint density at radius 3 is 3.00 bits per heavy atom. The van der Waals surface area contributed by atoms with Crippen LogP contribution in [0.1, 0.15) is 11.3 Å². The molecule has 0 aliphatic carbocycles. The van der Waals surface area contributed by atoms with E-state index in [1.54, 1.807) is 24.0 Å². The molecule has 6 nitrogen and oxygen atoms in total. The summed E-state index contributed by atoms with van der Waals surface area (Å²) in [4.78, 5) is 16.9. The van der Waals surface area contributed by atoms with Gasteiger partial charge in [0.05, 0.1) is 5.69 Å². The molecule has 3 rings (SSSR count). The van der Waals surface area contributed by atoms with E-state index < -0.39 is 0 Å². The van der Waals surface area contributed by atoms with E-state index in [0.29, 0.717) is 17.3 Å². The van der Waals surface area contributed by atoms with Gasteiger partial charge in [0.2, 0.25) is 0 Å². The van der Waals surface area contributed by atoms with Crippen molar-refractivity contribution < 1.29 is 0 Å². The van der Waals surface area contributed by atoms with Crippen LogP contribution in [0.5, 0.6) is 0 Å². The van der Waals surface area contributed by atoms with Crippen molar-refractivity contribution in [1.82, 2.24) is 19.9 Å². The maximum absolute atomic E-state index is 5.49. The topological polar surface area (TPSA) is 89.6 Å². The highest BCUT2D eigenvalue weighted by Gasteiger charge is 2.20. The van der Waals surface area contributed by atoms with Gasteiger partial charge in [-0.3, -0.25) is 0 Å². The average Bonchev–Trinajstić information content (AvgIpc) is 2.86. The molecule has 17 heavy (non-hydrogen) atoms. The molecular formula is C10H10N6S. The SMILES string of the molecule is NNc1nc(-c2ccncn2)nc2c1CSC2. The van der Waals surface area contributed by atoms with Crippen LogP contribution in [0.3, 0.4) is 0 Å². The standard InChI is InChI=1S/C10H10N6S/c11-16-9-6-3-17-4-8(6)14-10(15-9)7-1-2-12-5-13-7/h1-2,5H,3-4,11H2,(H,14,15,16). The van der Waals surface area contributed by atoms with Crippen molar-refractivity contribution in [2.24, 2.45) is 5.84 Å². The summed E-state index contributed by atoms with van der Waals surface area (Å²) in [6.45, 7) is 0. The van der Waals surface area contributed by atoms with Gasteiger partial charge in [-0.1, -0.05) is 0 Å². The van der Waals surface area contributed by atoms with Crippen molar-refractivity contribution in [1.29, 1.82) is 0 Å². The number of aromatic nitrogens is 4. The van der Waals surface area contributed by atoms with Gasteiger partial charge < -0.3 is 5.43 Å². The van der Waals surface area contributed by atoms with Crippen LogP contribution in [0.2, 0.25) is 0 Å². The summed E-state index contributed by atoms with van der Waals surface area (Å²) in [7, 11) is 0. The van der Waals surface area contributed by atoms with E-state index in [9.17, 15) is 0 Å². The minimum absolute atomic E-state index is 0.585. The molecule has 2 aromatic rings. The zero-order valence-corrected chi connectivity index (χ0v) is 9.74. The number of nitrogens with zero attached hydrogens (tertiary/aromatic N) is 4. The minimum atomic E-state index is 0.585. The maximum atomic E-state index is 5.49. The quantitative estimate of drug-likeness (QED) is 0.602. The second-order valence-corrected chi connectivity index (χ2v) is 4.54. The van der Waals surface area contributed by atoms with E-state index in [1.165, 1.54) is 6.33 Å². The highest BCUT2D eigenvalue weighted by Crippen LogP contribution is 2.33. The molecule has 0 bridgehead atoms. The molecule has 0 saturated carbocycles. The Morgan fingerprint density at radius 2 is 2.24 bits per heavy atom. The summed E-state index contributed by atoms with van der Waals surface area (Å²) in [5, 5.41) is 0. The molecule has 0 saturated heterocycles. The van der Waals surface area contributed by atoms with Crippen LogP contribution >= 0.6 is 11.8 Å². The van der Waals surface area contributed by atoms with E-state index in [1.807, 2.05) is 0 Å². The number of hydrogen-bond acceptors (Lipinski definition) is 7. The zero-order valence-electron chi connectivity index (χ0n) is 8.92. The monoisotopic (exact) mass is 246 g/mol. The number of hydrazine groups is 1. The third-order valence-corrected chi connectivity index (χ3v) is 3.50. The molecule has 0 spiro atoms. The molecule has 0 aromatic carbocycles. The summed E-state index contributed by atoms with van der Waals surface area (Å²) in [6, 6.07) is 1.78. The lowest BCUT2D eigenvalue weighted by Crippen LogP contribution is -2.13. The number of nitrogen functional groups attached to an aromatic ring is 1. The Hall–Kier alpha value is -1.73. The fraction of sp³-hybridized carbons (Fsp3) is 0.200. The lowest BCUT2D eigenvalue weighted by Gasteiger charge is -2.07. The predicted octanol–water partition coefficient (Wildman–Crippen LogP) is 0.966. The first-order valence-corrected chi connectivity index (χ1v) is 6.24. The largest absolute Gasteiger partial charge is 0.308 e. The van der Waals surface area contributed by atoms with Crippen LogP contribution in [-0.4, -0.2) is 19.9 Å². The van der Waals surface area contributed by atoms with Crippen molar-refractivity contribution >= 4 is 17.6 Å². The van der Waals surface area contributed by atoms with Gasteiger partial charge in [0.25, 0.3) is 0 Å². The molecule has 0 unspecified atom stereocenters. The van der Waals surface area contributed by atoms with Gasteiger partial charge in [-0.25, -0.2) is 25.8 Å². The summed E-state index contributed by atoms with van der Waals surface area (Å²) >= 11 is 1.81. The second kappa shape index (κ2) is 4.27. The van der Waals surface area contributed by atoms with Crippen molar-refractivity contribution in [2.45, 2.75) is 11.5 Å². The smallest absolute Gasteiger partial charge is 0.180 e. The van der Waals surface area contributed by atoms with Crippen LogP contribution in [0.25, 0.3) is 11.5 Å². The molecule has 2 aromatic heterocycles. The van der Waals surface area contributed by atoms with Crippen molar-refractivity contribution in [3.8, 4) is 11.5 Å². The molecule has 3 heterocycles. The fourth-order valence-corrected chi connectivity index (χ4v) is 2.75. The first-order chi connectivity index (χ1) is 8.38. The molecule has 0 radical (unpaired) electrons. The van der Waals surface area contributed by atoms with Gasteiger partial charge in [0.15, 0.2) is 5.82 Å². The van der Waals surface area contributed by atoms with Gasteiger partial charge in [0, 0.05) is 23.3 Å². The van der Waals surface area contributed by atoms with Crippen LogP contribution in [0.4, 0.5) is 5.82 Å². The zero-order chi connectivity index (χ0) is 11.7. The van der Waals surface area contributed by atoms with Gasteiger partial charge in [0.1, 0.15) is 17.8 Å². The first-order valence-electron chi connectivity index (χ1n) is 5.09. The summed E-state index contributed by atoms with van der Waals surface area (Å²) in [5.74, 6) is 8.56. The number of fused-ring (bicyclic) bond motifs is 1. The second-order valence-electron chi connectivity index (χ2n) is 3.55. The molecule has 0 amide bonds. The molecular weight excluding hydrogens is 236 g/mol. The minimum Gasteiger partial charge on any atom is -0.308 e. The molecule has 0 atom stereocenters. The van der Waals surface area contributed by atoms with Gasteiger partial charge in [-0.15, -0.1) is 0 Å². The lowest BCUT2D eigenvalue weighted by atomic mass is 10.2. The molecule has 86 valence electrons. The Bertz CT molecular complexity index is 544. The molecule has 1 aliphatic heterocycles. The molecule has 1 aliphatic rings. The third kappa shape index (κ3) is 1.83. The van der Waals surface area contributed by atoms with Crippen molar-refractivity contribution in [3.05, 3.63) is 29.8 Å². The summed E-state index contributed by atoms with van der Waals surface area (Å²) in [6.07, 6.45) is 3.15. The maximum Gasteiger partial charge on any atom is 0.180 e. The lowest BCUT2D eigenvalue weighted by molar-refractivity contribution is 1.04. The number of nitrogens with one attached hydrogen (secondary N) is 1. The van der Waals surface area contributed by atoms with E-state index in [0.717, 1.165) is 22.8 Å². The Kier molecular flexibility index (Phi) is 2.62. The highest BCUT2D eigenvalue weighted by molar-refractivity contribution is 7.98. The summed E-state index contributed by atoms with van der Waals surface area (Å²) < 4.78 is 0. The van der Waals surface area contributed by atoms with E-state index in [4.69, 9.17) is 5.84 Å². The Morgan fingerprint density at radius 1 is 1.29 bits per heavy atom. The number of thioether (sulfide) groups is 1. The van der Waals surface area contributed by atoms with Crippen molar-refractivity contribution in [2.75, 3.05) is 5.43 Å². The predicted molar refractivity (Wildman–Crippen MR) is 65.9 cm³/mol. The van der Waals surface area contributed by atoms with Crippen LogP contribution in [-0.2, 0) is 11.5 Å². The number of anilines is 1. The van der Waals surface area contributed by atoms with E-state index in [-0.39, 0.29) is 0 Å². The average molecular weight is 246 g/mol. The van der Waals surface area contributed by atoms with Gasteiger partial charge >= 0.3 is 0 Å². The first kappa shape index (κ1) is 10.4. The van der Waals surface area contributed by atoms with Crippen LogP contribution in [0.15, 0.2) is 18.6 Å². The molecule has 7 heteroatoms. The van der Waals surface area contributed by atoms with Gasteiger partial charge in [-0.05, 0) is 6.07 Å². The Balaban J connectivity index is 2.13. The number of nitrogens with two attached hydrogens (primary N) is 1. The van der Waals surface area contributed by atoms with Crippen molar-refractivity contribution in [3.63, 3.8) is 0 Å². The summed E-state index contributed by atoms with van der Waals surface area (Å²) in [5.41, 5.74) is 5.46. The van der Waals surface area contributed by atoms with Crippen LogP contribution in [0, 0.1) is 0 Å². The number of hydrogen-bond donors (Lipinski definition) is 2. The Labute approximate surface area is 102 Å². The third-order valence-electron chi connectivity index (χ3n) is 2.53. The van der Waals surface area contributed by atoms with E-state index in [2.05, 4.69) is 25.4 Å². The fourth-order valence-electron chi connectivity index (χ4n) is 1.71. The molecule has 0 fully saturated rings. The normalized spacial score (nSPS) is 13.5. The van der Waals surface area contributed by atoms with E-state index >= 15 is 0 Å². The number of rotatable bonds is 2. The van der Waals surface area contributed by atoms with Crippen LogP contribution < -0.4 is 11.3 Å². The molecule has 3 N–H and O–H groups in total. The van der Waals surface area contributed by atoms with Gasteiger partial charge in [-0.2, -0.15) is 11.8 Å². The highest BCUT2D eigenvalue weighted by atomic mass is 32.2.